The fourth-order valence-corrected chi connectivity index (χ4v) is 5.43. The lowest BCUT2D eigenvalue weighted by atomic mass is 10.3. The van der Waals surface area contributed by atoms with Gasteiger partial charge in [-0.05, 0) is 17.8 Å². The van der Waals surface area contributed by atoms with E-state index in [1.807, 2.05) is 18.8 Å². The summed E-state index contributed by atoms with van der Waals surface area (Å²) in [5.74, 6) is 0. The molecule has 1 unspecified atom stereocenters. The highest BCUT2D eigenvalue weighted by atomic mass is 127. The second-order valence-electron chi connectivity index (χ2n) is 12.0. The van der Waals surface area contributed by atoms with E-state index in [1.165, 1.54) is 42.5 Å². The lowest BCUT2D eigenvalue weighted by Crippen LogP contribution is -2.55. The van der Waals surface area contributed by atoms with Crippen molar-refractivity contribution < 1.29 is 0 Å². The molecule has 3 heterocycles. The molecule has 59 heavy (non-hydrogen) atoms. The summed E-state index contributed by atoms with van der Waals surface area (Å²) in [6, 6.07) is 0. The standard InChI is InChI=1S/C13H18IN3O3.C13H19N3O3.C12H15N3O3.CH3I/c1-4-7-15-11(18)16(8-5-2)13(20)17(12(15)19)9-10(14)6-3;1-4-7-10-16-12(18)14(8-5-2)11(17)15(9-6-3)13(16)19;1-4-7-13-10(16)14(8-5-2)12(18)15(9-6-3)11(13)17;1-2/h4-5,10H,1-2,6-9H2,3H3;5-6H,2-4,7-10H2,1H3;4-6H,1-3,7-9H2;1H3. The van der Waals surface area contributed by atoms with Gasteiger partial charge < -0.3 is 0 Å². The highest BCUT2D eigenvalue weighted by Crippen LogP contribution is 2.05. The van der Waals surface area contributed by atoms with E-state index >= 15 is 0 Å². The highest BCUT2D eigenvalue weighted by molar-refractivity contribution is 14.1. The number of rotatable bonds is 20. The van der Waals surface area contributed by atoms with E-state index in [4.69, 9.17) is 0 Å². The van der Waals surface area contributed by atoms with Crippen molar-refractivity contribution in [1.29, 1.82) is 0 Å². The molecule has 3 aromatic rings. The van der Waals surface area contributed by atoms with Crippen LogP contribution in [0.4, 0.5) is 0 Å². The number of halogens is 2. The van der Waals surface area contributed by atoms with Gasteiger partial charge in [-0.25, -0.2) is 84.3 Å². The van der Waals surface area contributed by atoms with Gasteiger partial charge in [0.05, 0.1) is 45.8 Å². The highest BCUT2D eigenvalue weighted by Gasteiger charge is 2.17. The first-order valence-corrected chi connectivity index (χ1v) is 21.7. The Hall–Kier alpha value is -5.13. The Bertz CT molecular complexity index is 2290. The molecule has 0 N–H and O–H groups in total. The molecule has 0 amide bonds. The Morgan fingerprint density at radius 2 is 0.610 bits per heavy atom. The number of alkyl halides is 2. The van der Waals surface area contributed by atoms with Crippen LogP contribution in [0.3, 0.4) is 0 Å². The summed E-state index contributed by atoms with van der Waals surface area (Å²) in [6.45, 7) is 29.5. The van der Waals surface area contributed by atoms with E-state index in [1.54, 1.807) is 0 Å². The summed E-state index contributed by atoms with van der Waals surface area (Å²) < 4.78 is 9.22. The van der Waals surface area contributed by atoms with Gasteiger partial charge in [0, 0.05) is 17.0 Å². The average molecular weight is 1050 g/mol. The number of nitrogens with zero attached hydrogens (tertiary/aromatic N) is 9. The molecular weight excluding hydrogens is 992 g/mol. The molecule has 20 heteroatoms. The lowest BCUT2D eigenvalue weighted by Gasteiger charge is -2.14. The molecule has 18 nitrogen and oxygen atoms in total. The Morgan fingerprint density at radius 3 is 0.797 bits per heavy atom. The average Bonchev–Trinajstić information content (AvgIpc) is 3.23. The monoisotopic (exact) mass is 1050 g/mol. The van der Waals surface area contributed by atoms with E-state index in [0.29, 0.717) is 13.0 Å². The third-order valence-corrected chi connectivity index (χ3v) is 9.17. The minimum absolute atomic E-state index is 0.0478. The topological polar surface area (TPSA) is 198 Å². The molecule has 0 fully saturated rings. The van der Waals surface area contributed by atoms with Crippen LogP contribution in [0.5, 0.6) is 0 Å². The molecule has 0 aliphatic heterocycles. The van der Waals surface area contributed by atoms with Gasteiger partial charge in [-0.3, -0.25) is 0 Å². The number of hydrogen-bond acceptors (Lipinski definition) is 9. The summed E-state index contributed by atoms with van der Waals surface area (Å²) in [5.41, 5.74) is -5.57. The normalized spacial score (nSPS) is 10.6. The smallest absolute Gasteiger partial charge is 0.247 e. The van der Waals surface area contributed by atoms with Gasteiger partial charge in [0.2, 0.25) is 0 Å². The van der Waals surface area contributed by atoms with Gasteiger partial charge in [0.25, 0.3) is 0 Å². The molecule has 324 valence electrons. The van der Waals surface area contributed by atoms with Crippen molar-refractivity contribution >= 4 is 45.2 Å². The predicted molar refractivity (Wildman–Crippen MR) is 252 cm³/mol. The summed E-state index contributed by atoms with van der Waals surface area (Å²) in [5, 5.41) is 0. The van der Waals surface area contributed by atoms with Crippen LogP contribution in [-0.4, -0.2) is 50.0 Å². The summed E-state index contributed by atoms with van der Waals surface area (Å²) in [7, 11) is 0. The first-order valence-electron chi connectivity index (χ1n) is 18.3. The van der Waals surface area contributed by atoms with E-state index in [9.17, 15) is 43.2 Å². The molecule has 0 aromatic carbocycles. The molecule has 0 aliphatic rings. The van der Waals surface area contributed by atoms with Crippen molar-refractivity contribution in [3.05, 3.63) is 183 Å². The molecule has 3 rings (SSSR count). The maximum atomic E-state index is 12.2. The maximum Gasteiger partial charge on any atom is 0.336 e. The summed E-state index contributed by atoms with van der Waals surface area (Å²) in [4.78, 5) is 111. The lowest BCUT2D eigenvalue weighted by molar-refractivity contribution is 0.467. The third kappa shape index (κ3) is 14.3. The van der Waals surface area contributed by atoms with E-state index in [2.05, 4.69) is 91.2 Å². The minimum Gasteiger partial charge on any atom is -0.247 e. The van der Waals surface area contributed by atoms with Gasteiger partial charge in [0.15, 0.2) is 0 Å². The van der Waals surface area contributed by atoms with Gasteiger partial charge in [-0.1, -0.05) is 108 Å². The second kappa shape index (κ2) is 28.3. The van der Waals surface area contributed by atoms with E-state index in [-0.39, 0.29) is 56.3 Å². The fraction of sp³-hybridized carbons (Fsp3) is 0.410. The number of hydrogen-bond donors (Lipinski definition) is 0. The molecule has 0 radical (unpaired) electrons. The van der Waals surface area contributed by atoms with Crippen LogP contribution in [-0.2, 0) is 58.9 Å². The Morgan fingerprint density at radius 1 is 0.407 bits per heavy atom. The SMILES string of the molecule is C=CCn1c(=O)n(CC=C)c(=O)n(CC(I)CC)c1=O.C=CCn1c(=O)n(CC=C)c(=O)n(CC=C)c1=O.C=CCn1c(=O)n(CC=C)c(=O)n(CCCC)c1=O.CI. The zero-order chi connectivity index (χ0) is 45.4. The van der Waals surface area contributed by atoms with Crippen molar-refractivity contribution in [2.75, 3.05) is 4.93 Å². The van der Waals surface area contributed by atoms with Crippen LogP contribution >= 0.6 is 45.2 Å². The maximum absolute atomic E-state index is 12.2. The van der Waals surface area contributed by atoms with Crippen LogP contribution in [0.1, 0.15) is 33.1 Å². The largest absolute Gasteiger partial charge is 0.336 e. The number of allylic oxidation sites excluding steroid dienone is 7. The Balaban J connectivity index is 0.000000838. The van der Waals surface area contributed by atoms with Gasteiger partial charge in [-0.2, -0.15) is 0 Å². The van der Waals surface area contributed by atoms with Gasteiger partial charge in [0.1, 0.15) is 0 Å². The summed E-state index contributed by atoms with van der Waals surface area (Å²) >= 11 is 4.33. The molecule has 0 spiro atoms. The van der Waals surface area contributed by atoms with Crippen LogP contribution in [0.15, 0.2) is 132 Å². The van der Waals surface area contributed by atoms with Crippen LogP contribution in [0.25, 0.3) is 0 Å². The Labute approximate surface area is 368 Å². The Kier molecular flexibility index (Phi) is 25.9. The van der Waals surface area contributed by atoms with E-state index < -0.39 is 51.2 Å². The van der Waals surface area contributed by atoms with Crippen molar-refractivity contribution in [3.8, 4) is 0 Å². The fourth-order valence-electron chi connectivity index (χ4n) is 5.04. The van der Waals surface area contributed by atoms with E-state index in [0.717, 1.165) is 53.9 Å². The molecule has 0 bridgehead atoms. The summed E-state index contributed by atoms with van der Waals surface area (Å²) in [6.07, 6.45) is 12.5. The first kappa shape index (κ1) is 53.9. The van der Waals surface area contributed by atoms with Crippen molar-refractivity contribution in [2.45, 2.75) is 95.9 Å². The van der Waals surface area contributed by atoms with Crippen molar-refractivity contribution in [2.24, 2.45) is 0 Å². The number of aromatic nitrogens is 9. The zero-order valence-corrected chi connectivity index (χ0v) is 38.3. The van der Waals surface area contributed by atoms with Crippen LogP contribution < -0.4 is 51.2 Å². The molecule has 1 atom stereocenters. The second-order valence-corrected chi connectivity index (χ2v) is 13.7. The molecule has 0 saturated heterocycles. The van der Waals surface area contributed by atoms with Gasteiger partial charge in [-0.15, -0.1) is 46.1 Å². The molecule has 0 aliphatic carbocycles. The van der Waals surface area contributed by atoms with Crippen molar-refractivity contribution in [3.63, 3.8) is 0 Å². The molecule has 0 saturated carbocycles. The van der Waals surface area contributed by atoms with Gasteiger partial charge >= 0.3 is 51.2 Å². The quantitative estimate of drug-likeness (QED) is 0.0922. The molecule has 3 aromatic heterocycles. The minimum atomic E-state index is -0.662. The van der Waals surface area contributed by atoms with Crippen LogP contribution in [0.2, 0.25) is 0 Å². The molecular formula is C39H55I2N9O9. The third-order valence-electron chi connectivity index (χ3n) is 7.90. The zero-order valence-electron chi connectivity index (χ0n) is 34.0. The van der Waals surface area contributed by atoms with Crippen molar-refractivity contribution in [1.82, 2.24) is 41.1 Å². The predicted octanol–water partition coefficient (Wildman–Crippen LogP) is 1.88. The number of unbranched alkanes of at least 4 members (excludes halogenated alkanes) is 1. The first-order chi connectivity index (χ1) is 28.1. The van der Waals surface area contributed by atoms with Crippen LogP contribution in [0, 0.1) is 0 Å².